The van der Waals surface area contributed by atoms with E-state index in [2.05, 4.69) is 31.6 Å². The first-order valence-corrected chi connectivity index (χ1v) is 10.2. The summed E-state index contributed by atoms with van der Waals surface area (Å²) in [6, 6.07) is 4.72. The molecule has 1 aliphatic heterocycles. The summed E-state index contributed by atoms with van der Waals surface area (Å²) in [5.74, 6) is 0.679. The SMILES string of the molecule is CCNC(=NCCc1cc(Br)ccc1F)NC1CCS(=O)(=O)C1.I. The Kier molecular flexibility index (Phi) is 8.93. The lowest BCUT2D eigenvalue weighted by Crippen LogP contribution is -2.44. The largest absolute Gasteiger partial charge is 0.357 e. The molecular formula is C15H22BrFIN3O2S. The van der Waals surface area contributed by atoms with Crippen molar-refractivity contribution < 1.29 is 12.8 Å². The summed E-state index contributed by atoms with van der Waals surface area (Å²) >= 11 is 3.33. The van der Waals surface area contributed by atoms with Gasteiger partial charge in [0, 0.05) is 23.6 Å². The predicted octanol–water partition coefficient (Wildman–Crippen LogP) is 2.49. The maximum atomic E-state index is 13.7. The summed E-state index contributed by atoms with van der Waals surface area (Å²) in [6.45, 7) is 3.04. The number of guanidine groups is 1. The molecule has 1 heterocycles. The molecule has 9 heteroatoms. The molecule has 1 saturated heterocycles. The first kappa shape index (κ1) is 21.6. The lowest BCUT2D eigenvalue weighted by atomic mass is 10.1. The molecule has 0 amide bonds. The Morgan fingerprint density at radius 3 is 2.83 bits per heavy atom. The van der Waals surface area contributed by atoms with Gasteiger partial charge in [0.15, 0.2) is 15.8 Å². The van der Waals surface area contributed by atoms with Crippen molar-refractivity contribution in [1.29, 1.82) is 0 Å². The van der Waals surface area contributed by atoms with Gasteiger partial charge in [-0.1, -0.05) is 15.9 Å². The summed E-state index contributed by atoms with van der Waals surface area (Å²) in [4.78, 5) is 4.41. The highest BCUT2D eigenvalue weighted by molar-refractivity contribution is 14.0. The maximum absolute atomic E-state index is 13.7. The first-order chi connectivity index (χ1) is 10.9. The second-order valence-corrected chi connectivity index (χ2v) is 8.64. The molecule has 2 N–H and O–H groups in total. The first-order valence-electron chi connectivity index (χ1n) is 7.59. The van der Waals surface area contributed by atoms with Crippen molar-refractivity contribution in [2.45, 2.75) is 25.8 Å². The van der Waals surface area contributed by atoms with Crippen molar-refractivity contribution in [3.63, 3.8) is 0 Å². The highest BCUT2D eigenvalue weighted by Crippen LogP contribution is 2.16. The molecule has 5 nitrogen and oxygen atoms in total. The third-order valence-corrected chi connectivity index (χ3v) is 5.84. The minimum Gasteiger partial charge on any atom is -0.357 e. The Morgan fingerprint density at radius 1 is 1.46 bits per heavy atom. The molecular weight excluding hydrogens is 512 g/mol. The van der Waals surface area contributed by atoms with Crippen molar-refractivity contribution in [3.05, 3.63) is 34.1 Å². The third kappa shape index (κ3) is 6.83. The zero-order chi connectivity index (χ0) is 16.9. The Hall–Kier alpha value is -0.420. The normalized spacial score (nSPS) is 19.6. The van der Waals surface area contributed by atoms with Gasteiger partial charge in [0.25, 0.3) is 0 Å². The van der Waals surface area contributed by atoms with Gasteiger partial charge in [0.1, 0.15) is 5.82 Å². The highest BCUT2D eigenvalue weighted by atomic mass is 127. The Labute approximate surface area is 168 Å². The van der Waals surface area contributed by atoms with Crippen molar-refractivity contribution in [3.8, 4) is 0 Å². The fraction of sp³-hybridized carbons (Fsp3) is 0.533. The van der Waals surface area contributed by atoms with E-state index in [0.29, 0.717) is 37.5 Å². The van der Waals surface area contributed by atoms with Crippen LogP contribution in [0.25, 0.3) is 0 Å². The summed E-state index contributed by atoms with van der Waals surface area (Å²) in [7, 11) is -2.93. The van der Waals surface area contributed by atoms with Gasteiger partial charge in [0.2, 0.25) is 0 Å². The van der Waals surface area contributed by atoms with Gasteiger partial charge in [-0.15, -0.1) is 24.0 Å². The number of rotatable bonds is 5. The van der Waals surface area contributed by atoms with Crippen molar-refractivity contribution in [2.75, 3.05) is 24.6 Å². The molecule has 0 spiro atoms. The molecule has 0 aliphatic carbocycles. The number of aliphatic imine (C=N–C) groups is 1. The number of benzene rings is 1. The van der Waals surface area contributed by atoms with Crippen LogP contribution in [-0.4, -0.2) is 45.0 Å². The van der Waals surface area contributed by atoms with Crippen LogP contribution in [0.3, 0.4) is 0 Å². The maximum Gasteiger partial charge on any atom is 0.191 e. The molecule has 1 fully saturated rings. The average molecular weight is 534 g/mol. The van der Waals surface area contributed by atoms with Gasteiger partial charge in [-0.05, 0) is 43.5 Å². The van der Waals surface area contributed by atoms with Crippen LogP contribution in [0.5, 0.6) is 0 Å². The summed E-state index contributed by atoms with van der Waals surface area (Å²) in [5, 5.41) is 6.23. The number of sulfone groups is 1. The summed E-state index contributed by atoms with van der Waals surface area (Å²) in [5.41, 5.74) is 0.599. The molecule has 136 valence electrons. The predicted molar refractivity (Wildman–Crippen MR) is 109 cm³/mol. The Balaban J connectivity index is 0.00000288. The van der Waals surface area contributed by atoms with Gasteiger partial charge in [-0.2, -0.15) is 0 Å². The molecule has 1 aromatic carbocycles. The lowest BCUT2D eigenvalue weighted by Gasteiger charge is -2.15. The zero-order valence-electron chi connectivity index (χ0n) is 13.4. The van der Waals surface area contributed by atoms with Crippen LogP contribution >= 0.6 is 39.9 Å². The van der Waals surface area contributed by atoms with Crippen LogP contribution in [0, 0.1) is 5.82 Å². The van der Waals surface area contributed by atoms with Crippen LogP contribution in [0.2, 0.25) is 0 Å². The number of hydrogen-bond acceptors (Lipinski definition) is 3. The molecule has 1 atom stereocenters. The molecule has 2 rings (SSSR count). The standard InChI is InChI=1S/C15H21BrFN3O2S.HI/c1-2-18-15(20-13-6-8-23(21,22)10-13)19-7-5-11-9-12(16)3-4-14(11)17;/h3-4,9,13H,2,5-8,10H2,1H3,(H2,18,19,20);1H. The number of hydrogen-bond donors (Lipinski definition) is 2. The van der Waals surface area contributed by atoms with Crippen molar-refractivity contribution in [1.82, 2.24) is 10.6 Å². The monoisotopic (exact) mass is 533 g/mol. The van der Waals surface area contributed by atoms with Gasteiger partial charge in [-0.3, -0.25) is 4.99 Å². The Morgan fingerprint density at radius 2 is 2.21 bits per heavy atom. The number of nitrogens with zero attached hydrogens (tertiary/aromatic N) is 1. The van der Waals surface area contributed by atoms with Gasteiger partial charge in [-0.25, -0.2) is 12.8 Å². The smallest absolute Gasteiger partial charge is 0.191 e. The molecule has 24 heavy (non-hydrogen) atoms. The van der Waals surface area contributed by atoms with E-state index in [9.17, 15) is 12.8 Å². The highest BCUT2D eigenvalue weighted by Gasteiger charge is 2.28. The third-order valence-electron chi connectivity index (χ3n) is 3.58. The minimum atomic E-state index is -2.93. The van der Waals surface area contributed by atoms with E-state index in [-0.39, 0.29) is 47.3 Å². The molecule has 1 aromatic rings. The molecule has 0 radical (unpaired) electrons. The fourth-order valence-corrected chi connectivity index (χ4v) is 4.53. The molecule has 0 saturated carbocycles. The van der Waals surface area contributed by atoms with E-state index in [1.54, 1.807) is 12.1 Å². The molecule has 1 unspecified atom stereocenters. The second-order valence-electron chi connectivity index (χ2n) is 5.49. The summed E-state index contributed by atoms with van der Waals surface area (Å²) in [6.07, 6.45) is 1.07. The van der Waals surface area contributed by atoms with Gasteiger partial charge >= 0.3 is 0 Å². The van der Waals surface area contributed by atoms with Crippen molar-refractivity contribution >= 4 is 55.7 Å². The molecule has 0 bridgehead atoms. The van der Waals surface area contributed by atoms with E-state index in [1.165, 1.54) is 6.07 Å². The minimum absolute atomic E-state index is 0. The lowest BCUT2D eigenvalue weighted by molar-refractivity contribution is 0.599. The van der Waals surface area contributed by atoms with Crippen LogP contribution in [0.15, 0.2) is 27.7 Å². The van der Waals surface area contributed by atoms with Crippen LogP contribution in [0.4, 0.5) is 4.39 Å². The second kappa shape index (κ2) is 9.91. The van der Waals surface area contributed by atoms with Gasteiger partial charge < -0.3 is 10.6 Å². The summed E-state index contributed by atoms with van der Waals surface area (Å²) < 4.78 is 37.5. The van der Waals surface area contributed by atoms with E-state index < -0.39 is 9.84 Å². The van der Waals surface area contributed by atoms with Crippen LogP contribution in [-0.2, 0) is 16.3 Å². The molecule has 0 aromatic heterocycles. The van der Waals surface area contributed by atoms with Crippen LogP contribution in [0.1, 0.15) is 18.9 Å². The quantitative estimate of drug-likeness (QED) is 0.346. The molecule has 1 aliphatic rings. The van der Waals surface area contributed by atoms with E-state index >= 15 is 0 Å². The number of halogens is 3. The van der Waals surface area contributed by atoms with E-state index in [0.717, 1.165) is 4.47 Å². The van der Waals surface area contributed by atoms with E-state index in [1.807, 2.05) is 6.92 Å². The number of nitrogens with one attached hydrogen (secondary N) is 2. The average Bonchev–Trinajstić information content (AvgIpc) is 2.82. The van der Waals surface area contributed by atoms with Gasteiger partial charge in [0.05, 0.1) is 11.5 Å². The topological polar surface area (TPSA) is 70.6 Å². The zero-order valence-corrected chi connectivity index (χ0v) is 18.1. The van der Waals surface area contributed by atoms with Crippen molar-refractivity contribution in [2.24, 2.45) is 4.99 Å². The van der Waals surface area contributed by atoms with E-state index in [4.69, 9.17) is 0 Å². The van der Waals surface area contributed by atoms with Crippen LogP contribution < -0.4 is 10.6 Å². The Bertz CT molecular complexity index is 685. The fourth-order valence-electron chi connectivity index (χ4n) is 2.45.